The Morgan fingerprint density at radius 2 is 0.674 bits per heavy atom. The van der Waals surface area contributed by atoms with Crippen LogP contribution in [0.5, 0.6) is 0 Å². The highest BCUT2D eigenvalue weighted by atomic mass is 15.1. The first-order valence-electron chi connectivity index (χ1n) is 21.9. The van der Waals surface area contributed by atoms with Gasteiger partial charge in [0, 0.05) is 6.42 Å². The van der Waals surface area contributed by atoms with Crippen LogP contribution in [0.15, 0.2) is 12.4 Å². The van der Waals surface area contributed by atoms with Gasteiger partial charge in [-0.05, 0) is 32.1 Å². The predicted molar refractivity (Wildman–Crippen MR) is 207 cm³/mol. The highest BCUT2D eigenvalue weighted by Crippen LogP contribution is 2.16. The molecule has 272 valence electrons. The first-order chi connectivity index (χ1) is 22.8. The molecule has 0 aliphatic rings. The van der Waals surface area contributed by atoms with Gasteiger partial charge in [-0.1, -0.05) is 213 Å². The van der Waals surface area contributed by atoms with Crippen LogP contribution in [0.2, 0.25) is 0 Å². The summed E-state index contributed by atoms with van der Waals surface area (Å²) in [7, 11) is 0. The molecule has 2 heteroatoms. The van der Waals surface area contributed by atoms with Crippen molar-refractivity contribution in [2.45, 2.75) is 265 Å². The van der Waals surface area contributed by atoms with Crippen LogP contribution in [0.25, 0.3) is 0 Å². The van der Waals surface area contributed by atoms with Crippen LogP contribution >= 0.6 is 0 Å². The molecule has 0 aromatic carbocycles. The van der Waals surface area contributed by atoms with Crippen LogP contribution in [0, 0.1) is 0 Å². The summed E-state index contributed by atoms with van der Waals surface area (Å²) in [6.45, 7) is 9.41. The summed E-state index contributed by atoms with van der Waals surface area (Å²) < 4.78 is 5.29. The van der Waals surface area contributed by atoms with Crippen LogP contribution in [0.1, 0.15) is 251 Å². The number of hydrogen-bond donors (Lipinski definition) is 0. The minimum Gasteiger partial charge on any atom is -0.234 e. The van der Waals surface area contributed by atoms with Crippen molar-refractivity contribution in [2.24, 2.45) is 0 Å². The molecule has 0 unspecified atom stereocenters. The summed E-state index contributed by atoms with van der Waals surface area (Å²) >= 11 is 0. The summed E-state index contributed by atoms with van der Waals surface area (Å²) in [5.41, 5.74) is 0. The molecule has 46 heavy (non-hydrogen) atoms. The number of imidazole rings is 1. The van der Waals surface area contributed by atoms with Crippen LogP contribution in [-0.2, 0) is 19.5 Å². The lowest BCUT2D eigenvalue weighted by atomic mass is 10.0. The third-order valence-electron chi connectivity index (χ3n) is 10.6. The number of rotatable bonds is 38. The van der Waals surface area contributed by atoms with Gasteiger partial charge in [-0.2, -0.15) is 0 Å². The standard InChI is InChI=1S/C44H87N2/c1-4-7-10-13-16-19-21-22-23-24-25-27-30-33-36-39-44-45(40-37-34-31-28-18-15-12-9-6-3)42-43-46(44)41-38-35-32-29-26-20-17-14-11-8-5-2/h42-43H,4-41H2,1-3H3/q+1. The number of unbranched alkanes of at least 4 members (excludes halogenated alkanes) is 32. The zero-order chi connectivity index (χ0) is 33.0. The van der Waals surface area contributed by atoms with Crippen molar-refractivity contribution in [2.75, 3.05) is 0 Å². The lowest BCUT2D eigenvalue weighted by Crippen LogP contribution is -2.37. The molecular weight excluding hydrogens is 556 g/mol. The molecule has 0 amide bonds. The number of hydrogen-bond acceptors (Lipinski definition) is 0. The normalized spacial score (nSPS) is 11.6. The highest BCUT2D eigenvalue weighted by Gasteiger charge is 2.16. The Labute approximate surface area is 291 Å². The van der Waals surface area contributed by atoms with E-state index in [1.165, 1.54) is 244 Å². The van der Waals surface area contributed by atoms with Crippen molar-refractivity contribution in [3.63, 3.8) is 0 Å². The molecule has 0 fully saturated rings. The molecule has 0 aliphatic heterocycles. The fraction of sp³-hybridized carbons (Fsp3) is 0.932. The van der Waals surface area contributed by atoms with Crippen molar-refractivity contribution >= 4 is 0 Å². The maximum absolute atomic E-state index is 2.64. The Hall–Kier alpha value is -0.790. The summed E-state index contributed by atoms with van der Waals surface area (Å²) in [4.78, 5) is 0. The van der Waals surface area contributed by atoms with E-state index in [4.69, 9.17) is 0 Å². The molecule has 2 nitrogen and oxygen atoms in total. The van der Waals surface area contributed by atoms with Gasteiger partial charge < -0.3 is 0 Å². The van der Waals surface area contributed by atoms with E-state index >= 15 is 0 Å². The molecule has 1 heterocycles. The van der Waals surface area contributed by atoms with E-state index in [0.717, 1.165) is 0 Å². The monoisotopic (exact) mass is 644 g/mol. The smallest absolute Gasteiger partial charge is 0.234 e. The highest BCUT2D eigenvalue weighted by molar-refractivity contribution is 4.84. The van der Waals surface area contributed by atoms with Crippen LogP contribution in [0.4, 0.5) is 0 Å². The van der Waals surface area contributed by atoms with Crippen molar-refractivity contribution in [3.8, 4) is 0 Å². The summed E-state index contributed by atoms with van der Waals surface area (Å²) in [5, 5.41) is 0. The minimum atomic E-state index is 1.23. The van der Waals surface area contributed by atoms with Gasteiger partial charge in [-0.25, -0.2) is 9.13 Å². The number of aromatic nitrogens is 2. The number of aryl methyl sites for hydroxylation is 2. The van der Waals surface area contributed by atoms with E-state index < -0.39 is 0 Å². The van der Waals surface area contributed by atoms with Gasteiger partial charge in [0.2, 0.25) is 0 Å². The first kappa shape index (κ1) is 43.2. The maximum atomic E-state index is 2.64. The molecule has 0 spiro atoms. The van der Waals surface area contributed by atoms with Crippen molar-refractivity contribution in [1.29, 1.82) is 0 Å². The first-order valence-corrected chi connectivity index (χ1v) is 21.9. The van der Waals surface area contributed by atoms with Gasteiger partial charge in [0.15, 0.2) is 0 Å². The molecule has 0 N–H and O–H groups in total. The van der Waals surface area contributed by atoms with E-state index in [-0.39, 0.29) is 0 Å². The average Bonchev–Trinajstić information content (AvgIpc) is 3.45. The average molecular weight is 644 g/mol. The van der Waals surface area contributed by atoms with Crippen LogP contribution < -0.4 is 4.57 Å². The molecule has 0 aliphatic carbocycles. The van der Waals surface area contributed by atoms with Gasteiger partial charge in [-0.15, -0.1) is 0 Å². The van der Waals surface area contributed by atoms with E-state index in [0.29, 0.717) is 0 Å². The lowest BCUT2D eigenvalue weighted by molar-refractivity contribution is -0.704. The predicted octanol–water partition coefficient (Wildman–Crippen LogP) is 15.0. The zero-order valence-corrected chi connectivity index (χ0v) is 32.4. The van der Waals surface area contributed by atoms with E-state index in [9.17, 15) is 0 Å². The second-order valence-electron chi connectivity index (χ2n) is 15.2. The lowest BCUT2D eigenvalue weighted by Gasteiger charge is -2.07. The summed E-state index contributed by atoms with van der Waals surface area (Å²) in [6.07, 6.45) is 56.3. The summed E-state index contributed by atoms with van der Waals surface area (Å²) in [6, 6.07) is 0. The molecule has 1 aromatic rings. The molecule has 0 bridgehead atoms. The minimum absolute atomic E-state index is 1.23. The van der Waals surface area contributed by atoms with Crippen molar-refractivity contribution in [3.05, 3.63) is 18.2 Å². The fourth-order valence-electron chi connectivity index (χ4n) is 7.39. The van der Waals surface area contributed by atoms with Crippen molar-refractivity contribution in [1.82, 2.24) is 4.57 Å². The fourth-order valence-corrected chi connectivity index (χ4v) is 7.39. The van der Waals surface area contributed by atoms with E-state index in [2.05, 4.69) is 42.3 Å². The van der Waals surface area contributed by atoms with Gasteiger partial charge in [-0.3, -0.25) is 0 Å². The molecule has 0 saturated carbocycles. The second kappa shape index (κ2) is 35.5. The molecule has 1 rings (SSSR count). The van der Waals surface area contributed by atoms with E-state index in [1.54, 1.807) is 5.82 Å². The topological polar surface area (TPSA) is 8.81 Å². The van der Waals surface area contributed by atoms with Crippen LogP contribution in [0.3, 0.4) is 0 Å². The zero-order valence-electron chi connectivity index (χ0n) is 32.4. The van der Waals surface area contributed by atoms with E-state index in [1.807, 2.05) is 0 Å². The van der Waals surface area contributed by atoms with Crippen LogP contribution in [-0.4, -0.2) is 4.57 Å². The van der Waals surface area contributed by atoms with Gasteiger partial charge in [0.1, 0.15) is 12.4 Å². The largest absolute Gasteiger partial charge is 0.256 e. The molecule has 1 aromatic heterocycles. The number of nitrogens with zero attached hydrogens (tertiary/aromatic N) is 2. The SMILES string of the molecule is CCCCCCCCCCCCCCCCCc1n(CCCCCCCCCCCCC)cc[n+]1CCCCCCCCCCC. The Balaban J connectivity index is 2.27. The molecule has 0 atom stereocenters. The van der Waals surface area contributed by atoms with Crippen molar-refractivity contribution < 1.29 is 4.57 Å². The van der Waals surface area contributed by atoms with Gasteiger partial charge >= 0.3 is 0 Å². The Bertz CT molecular complexity index is 707. The Kier molecular flexibility index (Phi) is 33.4. The Morgan fingerprint density at radius 3 is 1.04 bits per heavy atom. The Morgan fingerprint density at radius 1 is 0.370 bits per heavy atom. The molecular formula is C44H87N2+. The second-order valence-corrected chi connectivity index (χ2v) is 15.2. The maximum Gasteiger partial charge on any atom is 0.256 e. The third kappa shape index (κ3) is 27.2. The van der Waals surface area contributed by atoms with Gasteiger partial charge in [0.25, 0.3) is 5.82 Å². The van der Waals surface area contributed by atoms with Gasteiger partial charge in [0.05, 0.1) is 13.1 Å². The summed E-state index contributed by atoms with van der Waals surface area (Å²) in [5.74, 6) is 1.63. The third-order valence-corrected chi connectivity index (χ3v) is 10.6. The quantitative estimate of drug-likeness (QED) is 0.0501. The molecule has 0 saturated heterocycles. The molecule has 0 radical (unpaired) electrons.